The fourth-order valence-corrected chi connectivity index (χ4v) is 4.68. The first-order valence-electron chi connectivity index (χ1n) is 13.2. The lowest BCUT2D eigenvalue weighted by molar-refractivity contribution is -0.253. The fraction of sp³-hybridized carbons (Fsp3) is 0.500. The van der Waals surface area contributed by atoms with Crippen LogP contribution in [0.3, 0.4) is 0 Å². The third-order valence-electron chi connectivity index (χ3n) is 6.83. The minimum Gasteiger partial charge on any atom is -0.392 e. The summed E-state index contributed by atoms with van der Waals surface area (Å²) >= 11 is 0. The molecule has 2 aliphatic heterocycles. The standard InChI is InChI=1S/C28H37N3O7/c32-19-20-5-7-21(8-6-20)25-17-24(18-31-13-15-36-16-14-31)37-28(38-25)22-9-11-23(12-10-22)29-26(33)3-1-2-4-27(34)30-35/h5-12,24-25,28,32,35H,1-4,13-19H2,(H,29,33)(H,30,34). The van der Waals surface area contributed by atoms with E-state index in [0.717, 1.165) is 56.0 Å². The number of amides is 2. The van der Waals surface area contributed by atoms with Crippen LogP contribution >= 0.6 is 0 Å². The number of nitrogens with one attached hydrogen (secondary N) is 2. The van der Waals surface area contributed by atoms with Gasteiger partial charge in [0.1, 0.15) is 0 Å². The first-order valence-corrected chi connectivity index (χ1v) is 13.2. The third kappa shape index (κ3) is 8.32. The maximum Gasteiger partial charge on any atom is 0.243 e. The number of benzene rings is 2. The predicted molar refractivity (Wildman–Crippen MR) is 139 cm³/mol. The van der Waals surface area contributed by atoms with Crippen LogP contribution in [-0.2, 0) is 30.4 Å². The second-order valence-corrected chi connectivity index (χ2v) is 9.68. The molecule has 2 saturated heterocycles. The monoisotopic (exact) mass is 527 g/mol. The summed E-state index contributed by atoms with van der Waals surface area (Å²) in [7, 11) is 0. The molecule has 0 spiro atoms. The van der Waals surface area contributed by atoms with Crippen molar-refractivity contribution in [3.05, 3.63) is 65.2 Å². The first-order chi connectivity index (χ1) is 18.5. The lowest BCUT2D eigenvalue weighted by atomic mass is 9.99. The molecule has 0 bridgehead atoms. The van der Waals surface area contributed by atoms with Crippen LogP contribution in [0, 0.1) is 0 Å². The van der Waals surface area contributed by atoms with Crippen molar-refractivity contribution in [2.45, 2.75) is 57.2 Å². The Bertz CT molecular complexity index is 1030. The summed E-state index contributed by atoms with van der Waals surface area (Å²) in [6.45, 7) is 4.01. The molecule has 2 aromatic rings. The van der Waals surface area contributed by atoms with E-state index in [1.54, 1.807) is 5.48 Å². The van der Waals surface area contributed by atoms with Gasteiger partial charge in [0.05, 0.1) is 32.0 Å². The summed E-state index contributed by atoms with van der Waals surface area (Å²) in [4.78, 5) is 25.7. The predicted octanol–water partition coefficient (Wildman–Crippen LogP) is 3.06. The number of carbonyl (C=O) groups excluding carboxylic acids is 2. The van der Waals surface area contributed by atoms with Crippen molar-refractivity contribution in [2.24, 2.45) is 0 Å². The maximum atomic E-state index is 12.3. The lowest BCUT2D eigenvalue weighted by Crippen LogP contribution is -2.44. The number of anilines is 1. The molecule has 0 radical (unpaired) electrons. The van der Waals surface area contributed by atoms with Gasteiger partial charge >= 0.3 is 0 Å². The van der Waals surface area contributed by atoms with Crippen LogP contribution in [-0.4, -0.2) is 66.0 Å². The molecule has 2 amide bonds. The highest BCUT2D eigenvalue weighted by atomic mass is 16.7. The Balaban J connectivity index is 1.38. The number of hydrogen-bond acceptors (Lipinski definition) is 8. The summed E-state index contributed by atoms with van der Waals surface area (Å²) < 4.78 is 18.3. The van der Waals surface area contributed by atoms with Crippen LogP contribution in [0.5, 0.6) is 0 Å². The van der Waals surface area contributed by atoms with Gasteiger partial charge in [-0.2, -0.15) is 0 Å². The van der Waals surface area contributed by atoms with Crippen molar-refractivity contribution in [3.63, 3.8) is 0 Å². The van der Waals surface area contributed by atoms with Crippen LogP contribution < -0.4 is 10.8 Å². The molecule has 38 heavy (non-hydrogen) atoms. The van der Waals surface area contributed by atoms with Crippen molar-refractivity contribution in [1.29, 1.82) is 0 Å². The van der Waals surface area contributed by atoms with Gasteiger partial charge < -0.3 is 24.6 Å². The summed E-state index contributed by atoms with van der Waals surface area (Å²) in [6.07, 6.45) is 1.52. The van der Waals surface area contributed by atoms with E-state index in [1.165, 1.54) is 0 Å². The van der Waals surface area contributed by atoms with Gasteiger partial charge in [-0.05, 0) is 36.1 Å². The van der Waals surface area contributed by atoms with E-state index in [4.69, 9.17) is 19.4 Å². The Hall–Kier alpha value is -2.86. The number of hydroxylamine groups is 1. The minimum atomic E-state index is -0.556. The highest BCUT2D eigenvalue weighted by Gasteiger charge is 2.33. The molecule has 3 unspecified atom stereocenters. The van der Waals surface area contributed by atoms with E-state index in [1.807, 2.05) is 48.5 Å². The zero-order valence-electron chi connectivity index (χ0n) is 21.5. The average Bonchev–Trinajstić information content (AvgIpc) is 2.96. The van der Waals surface area contributed by atoms with E-state index < -0.39 is 12.2 Å². The van der Waals surface area contributed by atoms with Crippen LogP contribution in [0.25, 0.3) is 0 Å². The topological polar surface area (TPSA) is 130 Å². The zero-order valence-corrected chi connectivity index (χ0v) is 21.5. The molecule has 2 aliphatic rings. The lowest BCUT2D eigenvalue weighted by Gasteiger charge is -2.39. The van der Waals surface area contributed by atoms with Gasteiger partial charge in [0, 0.05) is 50.1 Å². The second-order valence-electron chi connectivity index (χ2n) is 9.68. The van der Waals surface area contributed by atoms with E-state index in [0.29, 0.717) is 18.5 Å². The summed E-state index contributed by atoms with van der Waals surface area (Å²) in [5.41, 5.74) is 5.02. The molecule has 2 heterocycles. The van der Waals surface area contributed by atoms with E-state index >= 15 is 0 Å². The molecular weight excluding hydrogens is 490 g/mol. The Morgan fingerprint density at radius 2 is 1.55 bits per heavy atom. The van der Waals surface area contributed by atoms with Gasteiger partial charge in [0.25, 0.3) is 0 Å². The molecule has 0 aromatic heterocycles. The number of aliphatic hydroxyl groups is 1. The summed E-state index contributed by atoms with van der Waals surface area (Å²) in [5, 5.41) is 20.8. The molecular formula is C28H37N3O7. The Kier molecular flexibility index (Phi) is 10.6. The van der Waals surface area contributed by atoms with Gasteiger partial charge in [-0.25, -0.2) is 5.48 Å². The maximum absolute atomic E-state index is 12.3. The molecule has 4 N–H and O–H groups in total. The van der Waals surface area contributed by atoms with Crippen molar-refractivity contribution >= 4 is 17.5 Å². The summed E-state index contributed by atoms with van der Waals surface area (Å²) in [5.74, 6) is -0.589. The van der Waals surface area contributed by atoms with Crippen molar-refractivity contribution in [1.82, 2.24) is 10.4 Å². The van der Waals surface area contributed by atoms with Gasteiger partial charge in [-0.1, -0.05) is 36.4 Å². The molecule has 4 rings (SSSR count). The van der Waals surface area contributed by atoms with Gasteiger partial charge in [0.15, 0.2) is 6.29 Å². The quantitative estimate of drug-likeness (QED) is 0.199. The number of nitrogens with zero attached hydrogens (tertiary/aromatic N) is 1. The van der Waals surface area contributed by atoms with Crippen molar-refractivity contribution in [3.8, 4) is 0 Å². The molecule has 10 heteroatoms. The number of unbranched alkanes of at least 4 members (excludes halogenated alkanes) is 1. The number of morpholine rings is 1. The number of hydrogen-bond donors (Lipinski definition) is 4. The molecule has 0 saturated carbocycles. The molecule has 206 valence electrons. The molecule has 2 aromatic carbocycles. The van der Waals surface area contributed by atoms with Gasteiger partial charge in [-0.3, -0.25) is 19.7 Å². The summed E-state index contributed by atoms with van der Waals surface area (Å²) in [6, 6.07) is 15.3. The molecule has 3 atom stereocenters. The smallest absolute Gasteiger partial charge is 0.243 e. The van der Waals surface area contributed by atoms with E-state index in [-0.39, 0.29) is 37.6 Å². The highest BCUT2D eigenvalue weighted by molar-refractivity contribution is 5.90. The largest absolute Gasteiger partial charge is 0.392 e. The molecule has 0 aliphatic carbocycles. The minimum absolute atomic E-state index is 0.000944. The number of aliphatic hydroxyl groups excluding tert-OH is 1. The van der Waals surface area contributed by atoms with E-state index in [2.05, 4.69) is 10.2 Å². The zero-order chi connectivity index (χ0) is 26.7. The average molecular weight is 528 g/mol. The number of carbonyl (C=O) groups is 2. The Labute approximate surface area is 222 Å². The second kappa shape index (κ2) is 14.3. The Morgan fingerprint density at radius 3 is 2.21 bits per heavy atom. The van der Waals surface area contributed by atoms with Gasteiger partial charge in [0.2, 0.25) is 11.8 Å². The Morgan fingerprint density at radius 1 is 0.895 bits per heavy atom. The third-order valence-corrected chi connectivity index (χ3v) is 6.83. The van der Waals surface area contributed by atoms with Gasteiger partial charge in [-0.15, -0.1) is 0 Å². The number of ether oxygens (including phenoxy) is 3. The normalized spacial score (nSPS) is 22.1. The van der Waals surface area contributed by atoms with E-state index in [9.17, 15) is 14.7 Å². The first kappa shape index (κ1) is 28.2. The molecule has 2 fully saturated rings. The SMILES string of the molecule is O=C(CCCCC(=O)Nc1ccc(C2OC(CN3CCOCC3)CC(c3ccc(CO)cc3)O2)cc1)NO. The fourth-order valence-electron chi connectivity index (χ4n) is 4.68. The van der Waals surface area contributed by atoms with Crippen molar-refractivity contribution in [2.75, 3.05) is 38.2 Å². The highest BCUT2D eigenvalue weighted by Crippen LogP contribution is 2.38. The number of rotatable bonds is 11. The van der Waals surface area contributed by atoms with Crippen LogP contribution in [0.2, 0.25) is 0 Å². The van der Waals surface area contributed by atoms with Crippen LogP contribution in [0.15, 0.2) is 48.5 Å². The molecule has 10 nitrogen and oxygen atoms in total. The van der Waals surface area contributed by atoms with Crippen LogP contribution in [0.1, 0.15) is 61.2 Å². The van der Waals surface area contributed by atoms with Crippen molar-refractivity contribution < 1.29 is 34.1 Å². The van der Waals surface area contributed by atoms with Crippen LogP contribution in [0.4, 0.5) is 5.69 Å².